The third-order valence-electron chi connectivity index (χ3n) is 7.22. The molecule has 276 valence electrons. The molecule has 0 saturated carbocycles. The van der Waals surface area contributed by atoms with E-state index >= 15 is 0 Å². The summed E-state index contributed by atoms with van der Waals surface area (Å²) in [6, 6.07) is 23.7. The number of benzene rings is 5. The molecule has 22 heteroatoms. The second-order valence-electron chi connectivity index (χ2n) is 10.9. The molecule has 0 radical (unpaired) electrons. The van der Waals surface area contributed by atoms with Crippen molar-refractivity contribution >= 4 is 87.1 Å². The molecule has 0 aliphatic heterocycles. The molecule has 0 aliphatic carbocycles. The van der Waals surface area contributed by atoms with E-state index in [2.05, 4.69) is 50.2 Å². The average molecular weight is 792 g/mol. The zero-order valence-electron chi connectivity index (χ0n) is 27.4. The van der Waals surface area contributed by atoms with E-state index in [0.717, 1.165) is 19.2 Å². The molecule has 0 saturated heterocycles. The molecule has 19 nitrogen and oxygen atoms in total. The molecule has 5 aromatic carbocycles. The molecular weight excluding hydrogens is 767 g/mol. The second-order valence-corrected chi connectivity index (χ2v) is 15.4. The molecule has 0 aliphatic rings. The number of nitrogens with zero attached hydrogens (tertiary/aromatic N) is 7. The number of fused-ring (bicyclic) bond motifs is 1. The number of aromatic nitrogens is 3. The SMILES string of the molecule is COS(=O)(=O)c1cccc(N=Nc2ccc(Nc3nc(O)nc(Nc4ccc(N=Nc5cc(S(=O)(=O)O)c6cccc(S(=O)(=O)O)c6c5)cc4)n3)cc2)c1. The molecule has 0 unspecified atom stereocenters. The van der Waals surface area contributed by atoms with Crippen molar-refractivity contribution in [3.63, 3.8) is 0 Å². The molecule has 0 bridgehead atoms. The van der Waals surface area contributed by atoms with Gasteiger partial charge in [-0.1, -0.05) is 18.2 Å². The van der Waals surface area contributed by atoms with Crippen molar-refractivity contribution in [1.82, 2.24) is 15.0 Å². The summed E-state index contributed by atoms with van der Waals surface area (Å²) in [5, 5.41) is 31.9. The highest BCUT2D eigenvalue weighted by Crippen LogP contribution is 2.34. The number of azo groups is 2. The van der Waals surface area contributed by atoms with E-state index in [1.54, 1.807) is 42.5 Å². The van der Waals surface area contributed by atoms with Crippen LogP contribution in [0.1, 0.15) is 0 Å². The third kappa shape index (κ3) is 9.00. The van der Waals surface area contributed by atoms with Gasteiger partial charge in [-0.2, -0.15) is 60.7 Å². The summed E-state index contributed by atoms with van der Waals surface area (Å²) in [7, 11) is -12.4. The summed E-state index contributed by atoms with van der Waals surface area (Å²) < 4.78 is 95.8. The summed E-state index contributed by atoms with van der Waals surface area (Å²) in [6.07, 6.45) is 0. The Hall–Kier alpha value is -6.30. The first-order valence-electron chi connectivity index (χ1n) is 15.0. The first kappa shape index (κ1) is 37.5. The maximum atomic E-state index is 12.1. The Kier molecular flexibility index (Phi) is 10.4. The van der Waals surface area contributed by atoms with Gasteiger partial charge in [0.1, 0.15) is 9.79 Å². The smallest absolute Gasteiger partial charge is 0.320 e. The van der Waals surface area contributed by atoms with Crippen LogP contribution in [0.25, 0.3) is 10.8 Å². The molecule has 54 heavy (non-hydrogen) atoms. The van der Waals surface area contributed by atoms with Crippen molar-refractivity contribution < 1.29 is 43.6 Å². The van der Waals surface area contributed by atoms with Gasteiger partial charge in [-0.15, -0.1) is 0 Å². The Morgan fingerprint density at radius 3 is 1.61 bits per heavy atom. The normalized spacial score (nSPS) is 12.4. The fraction of sp³-hybridized carbons (Fsp3) is 0.0312. The summed E-state index contributed by atoms with van der Waals surface area (Å²) in [5.41, 5.74) is 1.90. The second kappa shape index (κ2) is 15.0. The Labute approximate surface area is 306 Å². The van der Waals surface area contributed by atoms with Crippen molar-refractivity contribution in [2.45, 2.75) is 14.7 Å². The zero-order valence-corrected chi connectivity index (χ0v) is 29.8. The number of nitrogens with one attached hydrogen (secondary N) is 2. The lowest BCUT2D eigenvalue weighted by atomic mass is 10.1. The van der Waals surface area contributed by atoms with Gasteiger partial charge in [0.05, 0.1) is 34.8 Å². The van der Waals surface area contributed by atoms with E-state index in [0.29, 0.717) is 22.7 Å². The number of anilines is 4. The average Bonchev–Trinajstić information content (AvgIpc) is 3.13. The van der Waals surface area contributed by atoms with Crippen LogP contribution in [0.3, 0.4) is 0 Å². The Morgan fingerprint density at radius 1 is 0.556 bits per heavy atom. The highest BCUT2D eigenvalue weighted by molar-refractivity contribution is 7.87. The minimum atomic E-state index is -4.82. The van der Waals surface area contributed by atoms with E-state index in [9.17, 15) is 39.5 Å². The van der Waals surface area contributed by atoms with Crippen LogP contribution in [-0.2, 0) is 34.5 Å². The van der Waals surface area contributed by atoms with Crippen LogP contribution in [0.5, 0.6) is 6.01 Å². The van der Waals surface area contributed by atoms with Crippen LogP contribution in [-0.4, -0.2) is 61.5 Å². The van der Waals surface area contributed by atoms with Gasteiger partial charge in [0.2, 0.25) is 11.9 Å². The van der Waals surface area contributed by atoms with Gasteiger partial charge in [-0.05, 0) is 84.9 Å². The molecule has 6 rings (SSSR count). The minimum Gasteiger partial charge on any atom is -0.479 e. The van der Waals surface area contributed by atoms with Crippen LogP contribution in [0, 0.1) is 0 Å². The van der Waals surface area contributed by atoms with Gasteiger partial charge in [-0.25, -0.2) is 0 Å². The van der Waals surface area contributed by atoms with Gasteiger partial charge in [0, 0.05) is 22.1 Å². The van der Waals surface area contributed by atoms with E-state index in [4.69, 9.17) is 0 Å². The Balaban J connectivity index is 1.14. The fourth-order valence-corrected chi connectivity index (χ4v) is 6.92. The number of hydrogen-bond donors (Lipinski definition) is 5. The number of rotatable bonds is 12. The molecule has 0 fully saturated rings. The van der Waals surface area contributed by atoms with Crippen LogP contribution < -0.4 is 10.6 Å². The highest BCUT2D eigenvalue weighted by atomic mass is 32.2. The van der Waals surface area contributed by atoms with E-state index in [1.165, 1.54) is 48.5 Å². The van der Waals surface area contributed by atoms with E-state index in [-0.39, 0.29) is 38.9 Å². The molecular formula is C32H25N9O10S3. The molecule has 0 atom stereocenters. The van der Waals surface area contributed by atoms with Crippen LogP contribution >= 0.6 is 0 Å². The van der Waals surface area contributed by atoms with Crippen molar-refractivity contribution in [3.8, 4) is 6.01 Å². The van der Waals surface area contributed by atoms with Gasteiger partial charge in [0.25, 0.3) is 30.4 Å². The number of hydrogen-bond acceptors (Lipinski definition) is 17. The van der Waals surface area contributed by atoms with Crippen molar-refractivity contribution in [1.29, 1.82) is 0 Å². The molecule has 5 N–H and O–H groups in total. The first-order chi connectivity index (χ1) is 25.6. The minimum absolute atomic E-state index is 0.00207. The summed E-state index contributed by atoms with van der Waals surface area (Å²) in [4.78, 5) is 10.7. The predicted octanol–water partition coefficient (Wildman–Crippen LogP) is 6.88. The fourth-order valence-electron chi connectivity index (χ4n) is 4.79. The number of aromatic hydroxyl groups is 1. The Bertz CT molecular complexity index is 2790. The molecule has 0 amide bonds. The monoisotopic (exact) mass is 791 g/mol. The summed E-state index contributed by atoms with van der Waals surface area (Å²) in [5.74, 6) is -0.0242. The maximum Gasteiger partial charge on any atom is 0.320 e. The zero-order chi connectivity index (χ0) is 38.7. The van der Waals surface area contributed by atoms with Crippen molar-refractivity contribution in [2.24, 2.45) is 20.5 Å². The lowest BCUT2D eigenvalue weighted by Gasteiger charge is -2.09. The predicted molar refractivity (Wildman–Crippen MR) is 194 cm³/mol. The quantitative estimate of drug-likeness (QED) is 0.0480. The third-order valence-corrected chi connectivity index (χ3v) is 10.3. The van der Waals surface area contributed by atoms with Crippen molar-refractivity contribution in [3.05, 3.63) is 103 Å². The molecule has 1 aromatic heterocycles. The maximum absolute atomic E-state index is 12.1. The first-order valence-corrected chi connectivity index (χ1v) is 19.3. The standard InChI is InChI=1S/C32H25N9O10S3/c1-51-54(49,50)25-5-2-4-23(16-25)40-38-21-12-8-19(9-13-21)33-30-35-31(37-32(42)36-30)34-20-10-14-22(15-11-20)39-41-24-17-27-26(29(18-24)53(46,47)48)6-3-7-28(27)52(43,44)45/h2-18H,1H3,(H,43,44,45)(H,46,47,48)(H3,33,34,35,36,37,42). The molecule has 0 spiro atoms. The highest BCUT2D eigenvalue weighted by Gasteiger charge is 2.21. The van der Waals surface area contributed by atoms with E-state index in [1.807, 2.05) is 0 Å². The van der Waals surface area contributed by atoms with E-state index < -0.39 is 46.2 Å². The van der Waals surface area contributed by atoms with Crippen LogP contribution in [0.15, 0.2) is 138 Å². The molecule has 1 heterocycles. The Morgan fingerprint density at radius 2 is 1.07 bits per heavy atom. The van der Waals surface area contributed by atoms with Crippen LogP contribution in [0.2, 0.25) is 0 Å². The largest absolute Gasteiger partial charge is 0.479 e. The lowest BCUT2D eigenvalue weighted by molar-refractivity contribution is 0.397. The van der Waals surface area contributed by atoms with Gasteiger partial charge in [0.15, 0.2) is 0 Å². The summed E-state index contributed by atoms with van der Waals surface area (Å²) >= 11 is 0. The molecule has 6 aromatic rings. The van der Waals surface area contributed by atoms with Crippen molar-refractivity contribution in [2.75, 3.05) is 17.7 Å². The van der Waals surface area contributed by atoms with Gasteiger partial charge in [-0.3, -0.25) is 13.3 Å². The van der Waals surface area contributed by atoms with Gasteiger partial charge < -0.3 is 15.7 Å². The van der Waals surface area contributed by atoms with Gasteiger partial charge >= 0.3 is 6.01 Å². The topological polar surface area (TPSA) is 285 Å². The lowest BCUT2D eigenvalue weighted by Crippen LogP contribution is -2.03. The van der Waals surface area contributed by atoms with Crippen LogP contribution in [0.4, 0.5) is 46.0 Å². The summed E-state index contributed by atoms with van der Waals surface area (Å²) in [6.45, 7) is 0.